The molecule has 1 unspecified atom stereocenters. The summed E-state index contributed by atoms with van der Waals surface area (Å²) < 4.78 is 5.61. The first-order chi connectivity index (χ1) is 15.7. The van der Waals surface area contributed by atoms with Crippen LogP contribution in [0.1, 0.15) is 49.3 Å². The van der Waals surface area contributed by atoms with E-state index in [2.05, 4.69) is 20.6 Å². The molecule has 3 heterocycles. The molecule has 176 valence electrons. The van der Waals surface area contributed by atoms with Crippen LogP contribution in [0, 0.1) is 0 Å². The summed E-state index contributed by atoms with van der Waals surface area (Å²) in [5.74, 6) is -0.621. The van der Waals surface area contributed by atoms with Gasteiger partial charge in [-0.05, 0) is 38.3 Å². The van der Waals surface area contributed by atoms with E-state index >= 15 is 0 Å². The summed E-state index contributed by atoms with van der Waals surface area (Å²) in [5.41, 5.74) is 6.64. The topological polar surface area (TPSA) is 122 Å². The lowest BCUT2D eigenvalue weighted by molar-refractivity contribution is -0.149. The maximum Gasteiger partial charge on any atom is 0.293 e. The van der Waals surface area contributed by atoms with Crippen molar-refractivity contribution >= 4 is 40.7 Å². The average molecular weight is 493 g/mol. The summed E-state index contributed by atoms with van der Waals surface area (Å²) in [6.07, 6.45) is 3.74. The first-order valence-corrected chi connectivity index (χ1v) is 11.5. The normalized spacial score (nSPS) is 28.0. The molecule has 0 aliphatic carbocycles. The fourth-order valence-electron chi connectivity index (χ4n) is 4.49. The Hall–Kier alpha value is -2.30. The number of nitrogens with two attached hydrogens (primary N) is 1. The van der Waals surface area contributed by atoms with Crippen LogP contribution in [0.2, 0.25) is 10.0 Å². The quantitative estimate of drug-likeness (QED) is 0.599. The maximum absolute atomic E-state index is 13.2. The van der Waals surface area contributed by atoms with Gasteiger partial charge in [-0.25, -0.2) is 9.97 Å². The average Bonchev–Trinajstić information content (AvgIpc) is 2.75. The number of anilines is 1. The van der Waals surface area contributed by atoms with Crippen molar-refractivity contribution in [3.8, 4) is 0 Å². The number of halogens is 2. The van der Waals surface area contributed by atoms with Gasteiger partial charge in [-0.1, -0.05) is 35.3 Å². The number of ether oxygens (including phenoxy) is 1. The highest BCUT2D eigenvalue weighted by molar-refractivity contribution is 6.34. The van der Waals surface area contributed by atoms with Crippen LogP contribution in [0.15, 0.2) is 30.6 Å². The minimum Gasteiger partial charge on any atom is -0.378 e. The van der Waals surface area contributed by atoms with Crippen molar-refractivity contribution in [1.29, 1.82) is 0 Å². The number of hydrogen-bond acceptors (Lipinski definition) is 7. The molecular weight excluding hydrogens is 467 g/mol. The molecule has 0 radical (unpaired) electrons. The van der Waals surface area contributed by atoms with E-state index in [-0.39, 0.29) is 30.3 Å². The molecule has 2 aliphatic heterocycles. The van der Waals surface area contributed by atoms with Gasteiger partial charge in [0.2, 0.25) is 11.7 Å². The van der Waals surface area contributed by atoms with Gasteiger partial charge in [0.1, 0.15) is 6.29 Å². The van der Waals surface area contributed by atoms with Crippen LogP contribution in [0.4, 0.5) is 5.69 Å². The predicted molar refractivity (Wildman–Crippen MR) is 125 cm³/mol. The Bertz CT molecular complexity index is 1050. The van der Waals surface area contributed by atoms with E-state index in [0.717, 1.165) is 12.8 Å². The van der Waals surface area contributed by atoms with Crippen LogP contribution in [-0.2, 0) is 15.1 Å². The minimum atomic E-state index is -0.821. The van der Waals surface area contributed by atoms with Crippen LogP contribution < -0.4 is 16.4 Å². The third kappa shape index (κ3) is 4.97. The van der Waals surface area contributed by atoms with E-state index in [1.165, 1.54) is 12.4 Å². The summed E-state index contributed by atoms with van der Waals surface area (Å²) in [6.45, 7) is 4.48. The highest BCUT2D eigenvalue weighted by Crippen LogP contribution is 2.39. The van der Waals surface area contributed by atoms with E-state index in [1.807, 2.05) is 19.9 Å². The Balaban J connectivity index is 1.54. The van der Waals surface area contributed by atoms with Gasteiger partial charge < -0.3 is 15.0 Å². The Labute approximate surface area is 202 Å². The second-order valence-electron chi connectivity index (χ2n) is 8.60. The summed E-state index contributed by atoms with van der Waals surface area (Å²) >= 11 is 12.5. The second-order valence-corrected chi connectivity index (χ2v) is 9.42. The van der Waals surface area contributed by atoms with Crippen molar-refractivity contribution in [2.45, 2.75) is 57.1 Å². The van der Waals surface area contributed by atoms with Crippen molar-refractivity contribution in [3.63, 3.8) is 0 Å². The van der Waals surface area contributed by atoms with Crippen molar-refractivity contribution in [2.75, 3.05) is 11.9 Å². The highest BCUT2D eigenvalue weighted by Gasteiger charge is 2.44. The van der Waals surface area contributed by atoms with Crippen molar-refractivity contribution in [1.82, 2.24) is 20.2 Å². The first-order valence-electron chi connectivity index (χ1n) is 10.7. The van der Waals surface area contributed by atoms with E-state index in [0.29, 0.717) is 27.9 Å². The van der Waals surface area contributed by atoms with E-state index in [1.54, 1.807) is 17.0 Å². The smallest absolute Gasteiger partial charge is 0.293 e. The van der Waals surface area contributed by atoms with E-state index in [9.17, 15) is 9.59 Å². The summed E-state index contributed by atoms with van der Waals surface area (Å²) in [5, 5.41) is 6.72. The lowest BCUT2D eigenvalue weighted by Crippen LogP contribution is -2.68. The van der Waals surface area contributed by atoms with Crippen LogP contribution in [-0.4, -0.2) is 51.7 Å². The van der Waals surface area contributed by atoms with Gasteiger partial charge >= 0.3 is 0 Å². The Morgan fingerprint density at radius 2 is 2.06 bits per heavy atom. The number of benzene rings is 1. The van der Waals surface area contributed by atoms with Gasteiger partial charge in [0.15, 0.2) is 0 Å². The predicted octanol–water partition coefficient (Wildman–Crippen LogP) is 2.88. The third-order valence-corrected chi connectivity index (χ3v) is 6.68. The number of carbonyl (C=O) groups excluding carboxylic acids is 2. The number of nitrogens with one attached hydrogen (secondary N) is 2. The molecule has 1 aromatic heterocycles. The zero-order valence-corrected chi connectivity index (χ0v) is 19.9. The lowest BCUT2D eigenvalue weighted by atomic mass is 9.85. The largest absolute Gasteiger partial charge is 0.378 e. The molecule has 0 bridgehead atoms. The standard InChI is InChI=1S/C22H26Cl2N6O3/c1-12-8-14(6-7-33-12)30-17(31)9-22(2,29-21(30)25)15-4-3-5-16(18(15)24)28-20(32)19-26-10-13(23)11-27-19/h3-5,10-12,14,21,29H,6-9,25H2,1-2H3,(H,28,32)/t12-,14-,21?,22+/m1/s1. The van der Waals surface area contributed by atoms with Crippen molar-refractivity contribution in [3.05, 3.63) is 52.0 Å². The lowest BCUT2D eigenvalue weighted by Gasteiger charge is -2.49. The zero-order chi connectivity index (χ0) is 23.8. The first kappa shape index (κ1) is 23.8. The summed E-state index contributed by atoms with van der Waals surface area (Å²) in [6, 6.07) is 5.27. The molecule has 2 amide bonds. The fourth-order valence-corrected chi connectivity index (χ4v) is 4.97. The number of rotatable bonds is 4. The number of nitrogens with zero attached hydrogens (tertiary/aromatic N) is 3. The Kier molecular flexibility index (Phi) is 6.88. The van der Waals surface area contributed by atoms with Gasteiger partial charge in [-0.3, -0.25) is 20.6 Å². The highest BCUT2D eigenvalue weighted by atomic mass is 35.5. The number of aromatic nitrogens is 2. The molecule has 0 spiro atoms. The van der Waals surface area contributed by atoms with Crippen LogP contribution in [0.25, 0.3) is 0 Å². The number of amides is 2. The molecule has 1 aromatic carbocycles. The molecule has 2 aliphatic rings. The van der Waals surface area contributed by atoms with Crippen LogP contribution in [0.3, 0.4) is 0 Å². The molecule has 4 N–H and O–H groups in total. The molecule has 2 fully saturated rings. The second kappa shape index (κ2) is 9.52. The monoisotopic (exact) mass is 492 g/mol. The molecular formula is C22H26Cl2N6O3. The number of carbonyl (C=O) groups is 2. The van der Waals surface area contributed by atoms with Crippen molar-refractivity contribution in [2.24, 2.45) is 5.73 Å². The number of hydrogen-bond donors (Lipinski definition) is 3. The van der Waals surface area contributed by atoms with Gasteiger partial charge in [0.05, 0.1) is 27.4 Å². The molecule has 11 heteroatoms. The zero-order valence-electron chi connectivity index (χ0n) is 18.3. The molecule has 2 aromatic rings. The maximum atomic E-state index is 13.2. The Morgan fingerprint density at radius 1 is 1.33 bits per heavy atom. The minimum absolute atomic E-state index is 0.0220. The van der Waals surface area contributed by atoms with Gasteiger partial charge in [0.25, 0.3) is 5.91 Å². The van der Waals surface area contributed by atoms with Crippen LogP contribution in [0.5, 0.6) is 0 Å². The SMILES string of the molecule is C[C@@H]1C[C@H](N2C(=O)C[C@@](C)(c3cccc(NC(=O)c4ncc(Cl)cn4)c3Cl)NC2N)CCO1. The third-order valence-electron chi connectivity index (χ3n) is 6.07. The van der Waals surface area contributed by atoms with Gasteiger partial charge in [-0.2, -0.15) is 0 Å². The molecule has 33 heavy (non-hydrogen) atoms. The van der Waals surface area contributed by atoms with Gasteiger partial charge in [0, 0.05) is 31.5 Å². The van der Waals surface area contributed by atoms with Crippen molar-refractivity contribution < 1.29 is 14.3 Å². The molecule has 4 atom stereocenters. The summed E-state index contributed by atoms with van der Waals surface area (Å²) in [4.78, 5) is 35.3. The van der Waals surface area contributed by atoms with E-state index < -0.39 is 17.7 Å². The molecule has 0 saturated carbocycles. The summed E-state index contributed by atoms with van der Waals surface area (Å²) in [7, 11) is 0. The van der Waals surface area contributed by atoms with Gasteiger partial charge in [-0.15, -0.1) is 0 Å². The Morgan fingerprint density at radius 3 is 2.73 bits per heavy atom. The van der Waals surface area contributed by atoms with E-state index in [4.69, 9.17) is 33.7 Å². The fraction of sp³-hybridized carbons (Fsp3) is 0.455. The molecule has 9 nitrogen and oxygen atoms in total. The molecule has 4 rings (SSSR count). The van der Waals surface area contributed by atoms with Crippen LogP contribution >= 0.6 is 23.2 Å². The molecule has 2 saturated heterocycles.